The molecular formula is C25H27N3O5. The molecule has 0 radical (unpaired) electrons. The summed E-state index contributed by atoms with van der Waals surface area (Å²) < 4.78 is 10.4. The van der Waals surface area contributed by atoms with Gasteiger partial charge in [-0.15, -0.1) is 0 Å². The lowest BCUT2D eigenvalue weighted by molar-refractivity contribution is -0.385. The van der Waals surface area contributed by atoms with Crippen molar-refractivity contribution < 1.29 is 19.2 Å². The fourth-order valence-electron chi connectivity index (χ4n) is 4.52. The number of nitro groups is 1. The van der Waals surface area contributed by atoms with E-state index in [0.717, 1.165) is 42.3 Å². The van der Waals surface area contributed by atoms with Crippen molar-refractivity contribution in [3.8, 4) is 11.5 Å². The molecule has 1 aliphatic heterocycles. The van der Waals surface area contributed by atoms with Crippen molar-refractivity contribution in [3.05, 3.63) is 75.8 Å². The van der Waals surface area contributed by atoms with Crippen molar-refractivity contribution in [1.82, 2.24) is 10.2 Å². The first-order valence-corrected chi connectivity index (χ1v) is 10.9. The Morgan fingerprint density at radius 2 is 1.73 bits per heavy atom. The molecule has 1 fully saturated rings. The van der Waals surface area contributed by atoms with E-state index in [1.165, 1.54) is 26.4 Å². The topological polar surface area (TPSA) is 93.9 Å². The van der Waals surface area contributed by atoms with Crippen LogP contribution in [0.3, 0.4) is 0 Å². The summed E-state index contributed by atoms with van der Waals surface area (Å²) in [5.74, 6) is -0.0584. The molecule has 1 aliphatic rings. The van der Waals surface area contributed by atoms with Crippen molar-refractivity contribution in [2.45, 2.75) is 18.9 Å². The van der Waals surface area contributed by atoms with Gasteiger partial charge in [0.05, 0.1) is 31.3 Å². The van der Waals surface area contributed by atoms with E-state index in [9.17, 15) is 14.9 Å². The summed E-state index contributed by atoms with van der Waals surface area (Å²) in [6, 6.07) is 16.9. The molecule has 0 bridgehead atoms. The van der Waals surface area contributed by atoms with Gasteiger partial charge < -0.3 is 14.8 Å². The number of nitrogens with one attached hydrogen (secondary N) is 1. The highest BCUT2D eigenvalue weighted by atomic mass is 16.6. The summed E-state index contributed by atoms with van der Waals surface area (Å²) in [6.45, 7) is 2.22. The zero-order chi connectivity index (χ0) is 23.4. The quantitative estimate of drug-likeness (QED) is 0.406. The molecule has 3 aromatic carbocycles. The summed E-state index contributed by atoms with van der Waals surface area (Å²) in [6.07, 6.45) is 2.22. The lowest BCUT2D eigenvalue weighted by Crippen LogP contribution is -2.37. The minimum Gasteiger partial charge on any atom is -0.493 e. The number of nitrogens with zero attached hydrogens (tertiary/aromatic N) is 2. The maximum atomic E-state index is 13.1. The van der Waals surface area contributed by atoms with Gasteiger partial charge in [0.2, 0.25) is 0 Å². The molecule has 3 aromatic rings. The smallest absolute Gasteiger partial charge is 0.286 e. The third kappa shape index (κ3) is 4.61. The van der Waals surface area contributed by atoms with Crippen LogP contribution >= 0.6 is 0 Å². The Kier molecular flexibility index (Phi) is 6.74. The van der Waals surface area contributed by atoms with Crippen LogP contribution in [0.5, 0.6) is 11.5 Å². The first-order valence-electron chi connectivity index (χ1n) is 10.9. The van der Waals surface area contributed by atoms with Crippen LogP contribution in [-0.2, 0) is 0 Å². The highest BCUT2D eigenvalue weighted by Crippen LogP contribution is 2.35. The number of nitro benzene ring substituents is 1. The van der Waals surface area contributed by atoms with Crippen LogP contribution in [0, 0.1) is 10.1 Å². The van der Waals surface area contributed by atoms with Crippen LogP contribution in [0.4, 0.5) is 5.69 Å². The van der Waals surface area contributed by atoms with Gasteiger partial charge in [-0.25, -0.2) is 0 Å². The molecule has 1 amide bonds. The highest BCUT2D eigenvalue weighted by molar-refractivity contribution is 5.99. The van der Waals surface area contributed by atoms with E-state index in [2.05, 4.69) is 34.5 Å². The molecule has 0 aliphatic carbocycles. The minimum atomic E-state index is -0.584. The van der Waals surface area contributed by atoms with Crippen molar-refractivity contribution in [3.63, 3.8) is 0 Å². The van der Waals surface area contributed by atoms with Gasteiger partial charge in [0.15, 0.2) is 11.5 Å². The molecule has 1 atom stereocenters. The largest absolute Gasteiger partial charge is 0.493 e. The summed E-state index contributed by atoms with van der Waals surface area (Å²) >= 11 is 0. The number of benzene rings is 3. The van der Waals surface area contributed by atoms with E-state index in [0.29, 0.717) is 6.54 Å². The number of fused-ring (bicyclic) bond motifs is 1. The normalized spacial score (nSPS) is 14.7. The summed E-state index contributed by atoms with van der Waals surface area (Å²) in [5.41, 5.74) is 0.751. The summed E-state index contributed by atoms with van der Waals surface area (Å²) in [7, 11) is 2.82. The van der Waals surface area contributed by atoms with Crippen molar-refractivity contribution in [1.29, 1.82) is 0 Å². The van der Waals surface area contributed by atoms with Crippen molar-refractivity contribution in [2.24, 2.45) is 0 Å². The highest BCUT2D eigenvalue weighted by Gasteiger charge is 2.28. The fourth-order valence-corrected chi connectivity index (χ4v) is 4.52. The Bertz CT molecular complexity index is 1170. The average molecular weight is 450 g/mol. The van der Waals surface area contributed by atoms with Gasteiger partial charge in [-0.05, 0) is 42.3 Å². The standard InChI is InChI=1S/C25H27N3O5/c1-32-23-14-20(21(28(30)31)15-24(23)33-2)25(29)26-16-22(27-12-5-6-13-27)19-11-7-9-17-8-3-4-10-18(17)19/h3-4,7-11,14-15,22H,5-6,12-13,16H2,1-2H3,(H,26,29). The number of carbonyl (C=O) groups excluding carboxylic acids is 1. The van der Waals surface area contributed by atoms with Crippen LogP contribution in [-0.4, -0.2) is 49.6 Å². The minimum absolute atomic E-state index is 0.0400. The lowest BCUT2D eigenvalue weighted by Gasteiger charge is -2.29. The van der Waals surface area contributed by atoms with Crippen LogP contribution in [0.25, 0.3) is 10.8 Å². The summed E-state index contributed by atoms with van der Waals surface area (Å²) in [5, 5.41) is 16.9. The molecule has 1 N–H and O–H groups in total. The van der Waals surface area contributed by atoms with E-state index in [-0.39, 0.29) is 28.8 Å². The second kappa shape index (κ2) is 9.87. The number of hydrogen-bond acceptors (Lipinski definition) is 6. The summed E-state index contributed by atoms with van der Waals surface area (Å²) in [4.78, 5) is 26.5. The van der Waals surface area contributed by atoms with Crippen LogP contribution in [0.1, 0.15) is 34.8 Å². The van der Waals surface area contributed by atoms with Gasteiger partial charge in [0, 0.05) is 12.6 Å². The number of carbonyl (C=O) groups is 1. The number of amides is 1. The van der Waals surface area contributed by atoms with E-state index >= 15 is 0 Å². The Hall–Kier alpha value is -3.65. The van der Waals surface area contributed by atoms with Gasteiger partial charge in [-0.2, -0.15) is 0 Å². The SMILES string of the molecule is COc1cc(C(=O)NCC(c2cccc3ccccc23)N2CCCC2)c([N+](=O)[O-])cc1OC. The molecule has 1 unspecified atom stereocenters. The molecule has 4 rings (SSSR count). The molecule has 33 heavy (non-hydrogen) atoms. The van der Waals surface area contributed by atoms with Gasteiger partial charge >= 0.3 is 0 Å². The van der Waals surface area contributed by atoms with E-state index in [1.54, 1.807) is 0 Å². The van der Waals surface area contributed by atoms with Gasteiger partial charge in [-0.3, -0.25) is 19.8 Å². The fraction of sp³-hybridized carbons (Fsp3) is 0.320. The maximum Gasteiger partial charge on any atom is 0.286 e. The van der Waals surface area contributed by atoms with E-state index < -0.39 is 10.8 Å². The van der Waals surface area contributed by atoms with Crippen LogP contribution in [0.15, 0.2) is 54.6 Å². The third-order valence-corrected chi connectivity index (χ3v) is 6.16. The molecular weight excluding hydrogens is 422 g/mol. The van der Waals surface area contributed by atoms with E-state index in [4.69, 9.17) is 9.47 Å². The second-order valence-corrected chi connectivity index (χ2v) is 8.02. The van der Waals surface area contributed by atoms with Gasteiger partial charge in [0.25, 0.3) is 11.6 Å². The molecule has 0 aromatic heterocycles. The maximum absolute atomic E-state index is 13.1. The lowest BCUT2D eigenvalue weighted by atomic mass is 9.97. The number of hydrogen-bond donors (Lipinski definition) is 1. The third-order valence-electron chi connectivity index (χ3n) is 6.16. The van der Waals surface area contributed by atoms with Crippen molar-refractivity contribution >= 4 is 22.4 Å². The van der Waals surface area contributed by atoms with Gasteiger partial charge in [0.1, 0.15) is 5.56 Å². The molecule has 1 saturated heterocycles. The zero-order valence-electron chi connectivity index (χ0n) is 18.7. The molecule has 0 spiro atoms. The number of ether oxygens (including phenoxy) is 2. The Labute approximate surface area is 192 Å². The zero-order valence-corrected chi connectivity index (χ0v) is 18.7. The first-order chi connectivity index (χ1) is 16.0. The van der Waals surface area contributed by atoms with Gasteiger partial charge in [-0.1, -0.05) is 42.5 Å². The predicted octanol–water partition coefficient (Wildman–Crippen LogP) is 4.33. The Morgan fingerprint density at radius 3 is 2.42 bits per heavy atom. The molecule has 1 heterocycles. The Balaban J connectivity index is 1.65. The monoisotopic (exact) mass is 449 g/mol. The average Bonchev–Trinajstić information content (AvgIpc) is 3.37. The second-order valence-electron chi connectivity index (χ2n) is 8.02. The molecule has 8 heteroatoms. The number of likely N-dealkylation sites (tertiary alicyclic amines) is 1. The van der Waals surface area contributed by atoms with E-state index in [1.807, 2.05) is 18.2 Å². The molecule has 8 nitrogen and oxygen atoms in total. The molecule has 0 saturated carbocycles. The predicted molar refractivity (Wildman–Crippen MR) is 126 cm³/mol. The first kappa shape index (κ1) is 22.5. The number of methoxy groups -OCH3 is 2. The molecule has 172 valence electrons. The van der Waals surface area contributed by atoms with Crippen molar-refractivity contribution in [2.75, 3.05) is 33.9 Å². The van der Waals surface area contributed by atoms with Crippen LogP contribution < -0.4 is 14.8 Å². The van der Waals surface area contributed by atoms with Crippen LogP contribution in [0.2, 0.25) is 0 Å². The number of rotatable bonds is 8. The Morgan fingerprint density at radius 1 is 1.06 bits per heavy atom.